The van der Waals surface area contributed by atoms with Crippen molar-refractivity contribution < 1.29 is 4.42 Å². The molecule has 0 aliphatic rings. The Kier molecular flexibility index (Phi) is 2.80. The summed E-state index contributed by atoms with van der Waals surface area (Å²) in [5, 5.41) is 10.2. The van der Waals surface area contributed by atoms with E-state index in [9.17, 15) is 0 Å². The fourth-order valence-corrected chi connectivity index (χ4v) is 4.89. The fraction of sp³-hybridized carbons (Fsp3) is 0. The van der Waals surface area contributed by atoms with Crippen LogP contribution in [0.3, 0.4) is 0 Å². The third-order valence-electron chi connectivity index (χ3n) is 6.20. The minimum Gasteiger partial charge on any atom is -0.456 e. The standard InChI is InChI=1S/C28H16O/c1-2-10-25-21(8-1)22-14-13-19(16-26(22)29-25)24-15-20-7-3-5-17-11-12-18-6-4-9-23(24)28(18)27(17)20/h1-16H. The molecular weight excluding hydrogens is 352 g/mol. The third-order valence-corrected chi connectivity index (χ3v) is 6.20. The van der Waals surface area contributed by atoms with Crippen molar-refractivity contribution in [3.63, 3.8) is 0 Å². The molecule has 7 aromatic rings. The second-order valence-electron chi connectivity index (χ2n) is 7.78. The maximum absolute atomic E-state index is 6.16. The first-order chi connectivity index (χ1) is 14.4. The van der Waals surface area contributed by atoms with Gasteiger partial charge >= 0.3 is 0 Å². The first kappa shape index (κ1) is 15.1. The molecule has 29 heavy (non-hydrogen) atoms. The molecule has 0 N–H and O–H groups in total. The molecule has 0 bridgehead atoms. The molecule has 1 heteroatoms. The molecule has 0 fully saturated rings. The van der Waals surface area contributed by atoms with Crippen molar-refractivity contribution in [1.82, 2.24) is 0 Å². The topological polar surface area (TPSA) is 13.1 Å². The highest BCUT2D eigenvalue weighted by molar-refractivity contribution is 6.26. The van der Waals surface area contributed by atoms with Gasteiger partial charge in [0, 0.05) is 10.8 Å². The van der Waals surface area contributed by atoms with Gasteiger partial charge in [0.05, 0.1) is 0 Å². The molecule has 0 spiro atoms. The summed E-state index contributed by atoms with van der Waals surface area (Å²) in [6, 6.07) is 34.8. The van der Waals surface area contributed by atoms with Gasteiger partial charge in [-0.1, -0.05) is 72.8 Å². The lowest BCUT2D eigenvalue weighted by atomic mass is 9.89. The lowest BCUT2D eigenvalue weighted by molar-refractivity contribution is 0.669. The van der Waals surface area contributed by atoms with Crippen LogP contribution in [0, 0.1) is 0 Å². The quantitative estimate of drug-likeness (QED) is 0.266. The highest BCUT2D eigenvalue weighted by Gasteiger charge is 2.14. The molecule has 0 radical (unpaired) electrons. The summed E-state index contributed by atoms with van der Waals surface area (Å²) in [6.45, 7) is 0. The van der Waals surface area contributed by atoms with Gasteiger partial charge in [-0.3, -0.25) is 0 Å². The molecule has 0 aliphatic carbocycles. The van der Waals surface area contributed by atoms with Gasteiger partial charge in [-0.15, -0.1) is 0 Å². The predicted molar refractivity (Wildman–Crippen MR) is 123 cm³/mol. The van der Waals surface area contributed by atoms with Crippen LogP contribution >= 0.6 is 0 Å². The van der Waals surface area contributed by atoms with Gasteiger partial charge in [0.15, 0.2) is 0 Å². The zero-order valence-corrected chi connectivity index (χ0v) is 15.6. The van der Waals surface area contributed by atoms with Crippen LogP contribution in [0.2, 0.25) is 0 Å². The first-order valence-electron chi connectivity index (χ1n) is 9.95. The summed E-state index contributed by atoms with van der Waals surface area (Å²) in [7, 11) is 0. The highest BCUT2D eigenvalue weighted by atomic mass is 16.3. The Morgan fingerprint density at radius 3 is 2.10 bits per heavy atom. The van der Waals surface area contributed by atoms with Gasteiger partial charge in [0.25, 0.3) is 0 Å². The summed E-state index contributed by atoms with van der Waals surface area (Å²) in [6.07, 6.45) is 0. The van der Waals surface area contributed by atoms with E-state index < -0.39 is 0 Å². The van der Waals surface area contributed by atoms with E-state index in [2.05, 4.69) is 84.9 Å². The molecule has 0 atom stereocenters. The molecule has 1 heterocycles. The largest absolute Gasteiger partial charge is 0.456 e. The molecule has 0 unspecified atom stereocenters. The number of hydrogen-bond acceptors (Lipinski definition) is 1. The van der Waals surface area contributed by atoms with Crippen molar-refractivity contribution in [2.45, 2.75) is 0 Å². The summed E-state index contributed by atoms with van der Waals surface area (Å²) in [4.78, 5) is 0. The summed E-state index contributed by atoms with van der Waals surface area (Å²) in [5.74, 6) is 0. The Labute approximate surface area is 167 Å². The molecule has 1 aromatic heterocycles. The van der Waals surface area contributed by atoms with E-state index in [-0.39, 0.29) is 0 Å². The normalized spacial score (nSPS) is 12.1. The van der Waals surface area contributed by atoms with E-state index in [0.29, 0.717) is 0 Å². The lowest BCUT2D eigenvalue weighted by Crippen LogP contribution is -1.87. The average molecular weight is 368 g/mol. The Balaban J connectivity index is 1.61. The molecule has 0 amide bonds. The van der Waals surface area contributed by atoms with Crippen LogP contribution in [0.5, 0.6) is 0 Å². The van der Waals surface area contributed by atoms with Gasteiger partial charge in [-0.2, -0.15) is 0 Å². The Bertz CT molecular complexity index is 1700. The van der Waals surface area contributed by atoms with Crippen molar-refractivity contribution in [3.05, 3.63) is 97.1 Å². The van der Waals surface area contributed by atoms with E-state index in [1.165, 1.54) is 54.2 Å². The lowest BCUT2D eigenvalue weighted by Gasteiger charge is -2.14. The fourth-order valence-electron chi connectivity index (χ4n) is 4.89. The Hall–Kier alpha value is -3.84. The zero-order valence-electron chi connectivity index (χ0n) is 15.6. The van der Waals surface area contributed by atoms with Crippen LogP contribution in [-0.4, -0.2) is 0 Å². The van der Waals surface area contributed by atoms with E-state index in [4.69, 9.17) is 4.42 Å². The van der Waals surface area contributed by atoms with Crippen LogP contribution in [0.25, 0.3) is 65.4 Å². The number of furan rings is 1. The molecular formula is C28H16O. The summed E-state index contributed by atoms with van der Waals surface area (Å²) >= 11 is 0. The SMILES string of the molecule is c1cc2ccc3cccc4c(-c5ccc6c(c5)oc5ccccc56)cc(c1)c2c34. The number of hydrogen-bond donors (Lipinski definition) is 0. The van der Waals surface area contributed by atoms with E-state index in [0.717, 1.165) is 11.2 Å². The molecule has 1 nitrogen and oxygen atoms in total. The number of para-hydroxylation sites is 1. The number of fused-ring (bicyclic) bond motifs is 3. The van der Waals surface area contributed by atoms with Gasteiger partial charge in [0.1, 0.15) is 11.2 Å². The van der Waals surface area contributed by atoms with E-state index in [1.54, 1.807) is 0 Å². The van der Waals surface area contributed by atoms with Crippen molar-refractivity contribution in [1.29, 1.82) is 0 Å². The van der Waals surface area contributed by atoms with Gasteiger partial charge in [-0.05, 0) is 67.7 Å². The van der Waals surface area contributed by atoms with Crippen LogP contribution in [0.15, 0.2) is 101 Å². The molecule has 7 rings (SSSR count). The van der Waals surface area contributed by atoms with Gasteiger partial charge in [0.2, 0.25) is 0 Å². The molecule has 0 saturated heterocycles. The van der Waals surface area contributed by atoms with Gasteiger partial charge in [-0.25, -0.2) is 0 Å². The maximum atomic E-state index is 6.16. The molecule has 0 saturated carbocycles. The minimum atomic E-state index is 0.939. The summed E-state index contributed by atoms with van der Waals surface area (Å²) < 4.78 is 6.16. The highest BCUT2D eigenvalue weighted by Crippen LogP contribution is 2.41. The van der Waals surface area contributed by atoms with Crippen molar-refractivity contribution in [2.24, 2.45) is 0 Å². The average Bonchev–Trinajstić information content (AvgIpc) is 3.15. The second-order valence-corrected chi connectivity index (χ2v) is 7.78. The van der Waals surface area contributed by atoms with Crippen LogP contribution < -0.4 is 0 Å². The Morgan fingerprint density at radius 2 is 1.17 bits per heavy atom. The van der Waals surface area contributed by atoms with Crippen molar-refractivity contribution in [3.8, 4) is 11.1 Å². The van der Waals surface area contributed by atoms with Crippen LogP contribution in [0.1, 0.15) is 0 Å². The molecule has 0 aliphatic heterocycles. The number of rotatable bonds is 1. The zero-order chi connectivity index (χ0) is 18.9. The third kappa shape index (κ3) is 1.99. The van der Waals surface area contributed by atoms with Crippen LogP contribution in [0.4, 0.5) is 0 Å². The minimum absolute atomic E-state index is 0.939. The van der Waals surface area contributed by atoms with E-state index in [1.807, 2.05) is 12.1 Å². The van der Waals surface area contributed by atoms with Crippen LogP contribution in [-0.2, 0) is 0 Å². The second kappa shape index (κ2) is 5.36. The molecule has 134 valence electrons. The van der Waals surface area contributed by atoms with E-state index >= 15 is 0 Å². The predicted octanol–water partition coefficient (Wildman–Crippen LogP) is 8.15. The monoisotopic (exact) mass is 368 g/mol. The van der Waals surface area contributed by atoms with Crippen molar-refractivity contribution >= 4 is 54.3 Å². The smallest absolute Gasteiger partial charge is 0.136 e. The maximum Gasteiger partial charge on any atom is 0.136 e. The van der Waals surface area contributed by atoms with Gasteiger partial charge < -0.3 is 4.42 Å². The Morgan fingerprint density at radius 1 is 0.448 bits per heavy atom. The molecule has 6 aromatic carbocycles. The first-order valence-corrected chi connectivity index (χ1v) is 9.95. The summed E-state index contributed by atoms with van der Waals surface area (Å²) in [5.41, 5.74) is 4.32. The number of benzene rings is 6. The van der Waals surface area contributed by atoms with Crippen molar-refractivity contribution in [2.75, 3.05) is 0 Å².